The van der Waals surface area contributed by atoms with Crippen molar-refractivity contribution in [3.8, 4) is 0 Å². The molecule has 0 spiro atoms. The van der Waals surface area contributed by atoms with Crippen molar-refractivity contribution in [3.05, 3.63) is 0 Å². The zero-order valence-electron chi connectivity index (χ0n) is 15.4. The molecular formula is C17H37F3N2. The number of alkyl halides is 3. The molecule has 2 atom stereocenters. The van der Waals surface area contributed by atoms with Crippen LogP contribution in [0.25, 0.3) is 0 Å². The number of nitrogens with one attached hydrogen (secondary N) is 1. The van der Waals surface area contributed by atoms with Crippen molar-refractivity contribution in [2.75, 3.05) is 26.7 Å². The van der Waals surface area contributed by atoms with Crippen molar-refractivity contribution in [1.82, 2.24) is 10.2 Å². The number of hydrogen-bond acceptors (Lipinski definition) is 2. The zero-order valence-corrected chi connectivity index (χ0v) is 15.4. The third-order valence-corrected chi connectivity index (χ3v) is 3.73. The fourth-order valence-corrected chi connectivity index (χ4v) is 2.57. The summed E-state index contributed by atoms with van der Waals surface area (Å²) in [5, 5.41) is 2.99. The van der Waals surface area contributed by atoms with Crippen molar-refractivity contribution in [1.29, 1.82) is 0 Å². The van der Waals surface area contributed by atoms with Gasteiger partial charge in [0.1, 0.15) is 0 Å². The first kappa shape index (κ1) is 24.0. The number of halogens is 3. The van der Waals surface area contributed by atoms with E-state index in [9.17, 15) is 13.2 Å². The van der Waals surface area contributed by atoms with Crippen molar-refractivity contribution in [3.63, 3.8) is 0 Å². The molecule has 2 nitrogen and oxygen atoms in total. The Hall–Kier alpha value is -0.290. The van der Waals surface area contributed by atoms with Gasteiger partial charge in [-0.15, -0.1) is 0 Å². The lowest BCUT2D eigenvalue weighted by Crippen LogP contribution is -2.38. The maximum absolute atomic E-state index is 12.7. The molecule has 0 aliphatic carbocycles. The summed E-state index contributed by atoms with van der Waals surface area (Å²) in [7, 11) is 1.99. The highest BCUT2D eigenvalue weighted by Crippen LogP contribution is 2.35. The van der Waals surface area contributed by atoms with Gasteiger partial charge in [0.25, 0.3) is 0 Å². The minimum atomic E-state index is -4.05. The summed E-state index contributed by atoms with van der Waals surface area (Å²) in [6, 6.07) is -0.390. The minimum absolute atomic E-state index is 0.230. The standard InChI is InChI=1S/C13H25F3N2.2C2H6/c1-3-4-5-9-18(2)10-7-12-11(6-8-17-12)13(14,15)16;2*1-2/h11-12,17H,3-10H2,1-2H3;2*1-2H3. The van der Waals surface area contributed by atoms with Gasteiger partial charge in [0, 0.05) is 6.04 Å². The molecule has 1 fully saturated rings. The molecule has 0 amide bonds. The van der Waals surface area contributed by atoms with Gasteiger partial charge in [-0.3, -0.25) is 0 Å². The van der Waals surface area contributed by atoms with Gasteiger partial charge in [0.05, 0.1) is 5.92 Å². The van der Waals surface area contributed by atoms with Gasteiger partial charge < -0.3 is 10.2 Å². The van der Waals surface area contributed by atoms with E-state index in [0.29, 0.717) is 13.0 Å². The highest BCUT2D eigenvalue weighted by atomic mass is 19.4. The van der Waals surface area contributed by atoms with Crippen LogP contribution < -0.4 is 5.32 Å². The van der Waals surface area contributed by atoms with Gasteiger partial charge in [-0.05, 0) is 45.9 Å². The Labute approximate surface area is 135 Å². The Kier molecular flexibility index (Phi) is 15.6. The fourth-order valence-electron chi connectivity index (χ4n) is 2.57. The van der Waals surface area contributed by atoms with Gasteiger partial charge >= 0.3 is 6.18 Å². The summed E-state index contributed by atoms with van der Waals surface area (Å²) in [6.45, 7) is 12.4. The molecule has 0 radical (unpaired) electrons. The van der Waals surface area contributed by atoms with Crippen LogP contribution in [-0.2, 0) is 0 Å². The lowest BCUT2D eigenvalue weighted by Gasteiger charge is -2.24. The SMILES string of the molecule is CC.CC.CCCCCN(C)CCC1NCCC1C(F)(F)F. The molecule has 0 aromatic rings. The Morgan fingerprint density at radius 3 is 2.14 bits per heavy atom. The van der Waals surface area contributed by atoms with E-state index >= 15 is 0 Å². The quantitative estimate of drug-likeness (QED) is 0.655. The van der Waals surface area contributed by atoms with Crippen LogP contribution in [0.15, 0.2) is 0 Å². The third kappa shape index (κ3) is 10.4. The summed E-state index contributed by atoms with van der Waals surface area (Å²) in [4.78, 5) is 2.14. The maximum atomic E-state index is 12.7. The summed E-state index contributed by atoms with van der Waals surface area (Å²) < 4.78 is 38.2. The van der Waals surface area contributed by atoms with Gasteiger partial charge in [-0.1, -0.05) is 47.5 Å². The molecular weight excluding hydrogens is 289 g/mol. The van der Waals surface area contributed by atoms with Crippen molar-refractivity contribution < 1.29 is 13.2 Å². The lowest BCUT2D eigenvalue weighted by atomic mass is 9.97. The Morgan fingerprint density at radius 2 is 1.64 bits per heavy atom. The van der Waals surface area contributed by atoms with E-state index in [-0.39, 0.29) is 6.42 Å². The van der Waals surface area contributed by atoms with E-state index in [1.807, 2.05) is 34.7 Å². The molecule has 0 aromatic carbocycles. The smallest absolute Gasteiger partial charge is 0.313 e. The molecule has 1 heterocycles. The van der Waals surface area contributed by atoms with Crippen molar-refractivity contribution >= 4 is 0 Å². The van der Waals surface area contributed by atoms with Crippen LogP contribution in [0.3, 0.4) is 0 Å². The summed E-state index contributed by atoms with van der Waals surface area (Å²) in [6.07, 6.45) is 0.272. The van der Waals surface area contributed by atoms with Crippen LogP contribution in [0.5, 0.6) is 0 Å². The van der Waals surface area contributed by atoms with E-state index in [1.165, 1.54) is 12.8 Å². The fraction of sp³-hybridized carbons (Fsp3) is 1.00. The van der Waals surface area contributed by atoms with Crippen LogP contribution >= 0.6 is 0 Å². The van der Waals surface area contributed by atoms with E-state index in [2.05, 4.69) is 17.1 Å². The molecule has 1 aliphatic rings. The highest BCUT2D eigenvalue weighted by molar-refractivity contribution is 4.88. The van der Waals surface area contributed by atoms with E-state index in [0.717, 1.165) is 19.5 Å². The van der Waals surface area contributed by atoms with Gasteiger partial charge in [-0.25, -0.2) is 0 Å². The molecule has 1 aliphatic heterocycles. The van der Waals surface area contributed by atoms with Gasteiger partial charge in [-0.2, -0.15) is 13.2 Å². The van der Waals surface area contributed by atoms with Crippen LogP contribution in [0.4, 0.5) is 13.2 Å². The van der Waals surface area contributed by atoms with E-state index in [1.54, 1.807) is 0 Å². The average Bonchev–Trinajstić information content (AvgIpc) is 2.98. The van der Waals surface area contributed by atoms with Crippen molar-refractivity contribution in [2.24, 2.45) is 5.92 Å². The summed E-state index contributed by atoms with van der Waals surface area (Å²) in [5.41, 5.74) is 0. The number of unbranched alkanes of at least 4 members (excludes halogenated alkanes) is 2. The third-order valence-electron chi connectivity index (χ3n) is 3.73. The second-order valence-corrected chi connectivity index (χ2v) is 5.30. The lowest BCUT2D eigenvalue weighted by molar-refractivity contribution is -0.176. The number of nitrogens with zero attached hydrogens (tertiary/aromatic N) is 1. The Bertz CT molecular complexity index is 232. The topological polar surface area (TPSA) is 15.3 Å². The molecule has 1 N–H and O–H groups in total. The molecule has 1 saturated heterocycles. The van der Waals surface area contributed by atoms with Crippen LogP contribution in [-0.4, -0.2) is 43.8 Å². The second kappa shape index (κ2) is 14.3. The number of rotatable bonds is 7. The minimum Gasteiger partial charge on any atom is -0.313 e. The first-order valence-electron chi connectivity index (χ1n) is 8.93. The Morgan fingerprint density at radius 1 is 1.05 bits per heavy atom. The molecule has 5 heteroatoms. The first-order valence-corrected chi connectivity index (χ1v) is 8.93. The van der Waals surface area contributed by atoms with Gasteiger partial charge in [0.2, 0.25) is 0 Å². The second-order valence-electron chi connectivity index (χ2n) is 5.30. The summed E-state index contributed by atoms with van der Waals surface area (Å²) in [5.74, 6) is -1.15. The molecule has 22 heavy (non-hydrogen) atoms. The Balaban J connectivity index is 0. The molecule has 0 saturated carbocycles. The molecule has 0 aromatic heterocycles. The van der Waals surface area contributed by atoms with Gasteiger partial charge in [0.15, 0.2) is 0 Å². The predicted molar refractivity (Wildman–Crippen MR) is 90.3 cm³/mol. The zero-order chi connectivity index (χ0) is 17.6. The molecule has 136 valence electrons. The summed E-state index contributed by atoms with van der Waals surface area (Å²) >= 11 is 0. The number of hydrogen-bond donors (Lipinski definition) is 1. The largest absolute Gasteiger partial charge is 0.393 e. The maximum Gasteiger partial charge on any atom is 0.393 e. The van der Waals surface area contributed by atoms with Crippen LogP contribution in [0, 0.1) is 5.92 Å². The monoisotopic (exact) mass is 326 g/mol. The normalized spacial score (nSPS) is 21.0. The molecule has 2 unspecified atom stereocenters. The predicted octanol–water partition coefficient (Wildman–Crippen LogP) is 5.09. The highest BCUT2D eigenvalue weighted by Gasteiger charge is 2.46. The van der Waals surface area contributed by atoms with Crippen LogP contribution in [0.1, 0.15) is 66.7 Å². The van der Waals surface area contributed by atoms with Crippen LogP contribution in [0.2, 0.25) is 0 Å². The van der Waals surface area contributed by atoms with E-state index in [4.69, 9.17) is 0 Å². The first-order chi connectivity index (χ1) is 10.4. The molecule has 0 bridgehead atoms. The average molecular weight is 326 g/mol. The molecule has 1 rings (SSSR count). The van der Waals surface area contributed by atoms with E-state index < -0.39 is 18.1 Å². The van der Waals surface area contributed by atoms with Crippen molar-refractivity contribution in [2.45, 2.75) is 78.9 Å².